The zero-order valence-corrected chi connectivity index (χ0v) is 19.1. The molecule has 4 heterocycles. The average Bonchev–Trinajstić information content (AvgIpc) is 3.45. The predicted molar refractivity (Wildman–Crippen MR) is 119 cm³/mol. The lowest BCUT2D eigenvalue weighted by Crippen LogP contribution is -2.63. The first kappa shape index (κ1) is 19.1. The largest absolute Gasteiger partial charge is 0.370 e. The van der Waals surface area contributed by atoms with E-state index in [0.29, 0.717) is 11.5 Å². The molecular weight excluding hydrogens is 400 g/mol. The van der Waals surface area contributed by atoms with E-state index in [0.717, 1.165) is 41.2 Å². The number of ether oxygens (including phenoxy) is 1. The smallest absolute Gasteiger partial charge is 0.182 e. The summed E-state index contributed by atoms with van der Waals surface area (Å²) >= 11 is 0. The molecule has 4 aliphatic carbocycles. The molecule has 0 unspecified atom stereocenters. The highest BCUT2D eigenvalue weighted by molar-refractivity contribution is 5.75. The molecular formula is C25H30N6O. The number of hydrogen-bond donors (Lipinski definition) is 0. The first-order chi connectivity index (χ1) is 15.4. The van der Waals surface area contributed by atoms with E-state index >= 15 is 0 Å². The number of nitrogens with zero attached hydrogens (tertiary/aromatic N) is 6. The molecule has 7 nitrogen and oxygen atoms in total. The third-order valence-corrected chi connectivity index (χ3v) is 8.13. The Morgan fingerprint density at radius 3 is 2.62 bits per heavy atom. The molecule has 0 amide bonds. The molecule has 3 aromatic rings. The molecule has 0 N–H and O–H groups in total. The summed E-state index contributed by atoms with van der Waals surface area (Å²) in [5, 5.41) is 4.59. The topological polar surface area (TPSA) is 78.6 Å². The molecule has 4 saturated carbocycles. The maximum Gasteiger partial charge on any atom is 0.182 e. The van der Waals surface area contributed by atoms with Crippen LogP contribution in [0.4, 0.5) is 0 Å². The van der Waals surface area contributed by atoms with Gasteiger partial charge in [-0.1, -0.05) is 6.92 Å². The van der Waals surface area contributed by atoms with Crippen LogP contribution in [0.1, 0.15) is 99.6 Å². The first-order valence-electron chi connectivity index (χ1n) is 12.1. The Hall–Kier alpha value is -2.41. The monoisotopic (exact) mass is 430 g/mol. The van der Waals surface area contributed by atoms with Crippen LogP contribution < -0.4 is 0 Å². The van der Waals surface area contributed by atoms with Gasteiger partial charge in [0.2, 0.25) is 0 Å². The molecule has 166 valence electrons. The first-order valence-corrected chi connectivity index (χ1v) is 12.1. The Labute approximate surface area is 188 Å². The Kier molecular flexibility index (Phi) is 3.78. The van der Waals surface area contributed by atoms with Crippen molar-refractivity contribution in [2.24, 2.45) is 5.41 Å². The van der Waals surface area contributed by atoms with Crippen LogP contribution in [-0.2, 0) is 10.2 Å². The standard InChI is InChI=1S/C25H30N6O/c1-14-8-26-20-21(25-11-24(3,12-25)13-25)29-22(30-23(20)28-14)16-6-15(2)32-19(7-16)17-9-27-31(10-17)18-4-5-18/h8-10,15-16,18-19H,4-7,11-13H2,1-3H3/t15-,16+,19-,24?,25?/m1/s1. The van der Waals surface area contributed by atoms with E-state index in [1.807, 2.05) is 19.3 Å². The van der Waals surface area contributed by atoms with Crippen molar-refractivity contribution >= 4 is 11.2 Å². The Morgan fingerprint density at radius 2 is 1.88 bits per heavy atom. The molecule has 2 bridgehead atoms. The van der Waals surface area contributed by atoms with E-state index in [1.165, 1.54) is 37.7 Å². The van der Waals surface area contributed by atoms with Crippen LogP contribution in [0.25, 0.3) is 11.2 Å². The van der Waals surface area contributed by atoms with Crippen LogP contribution in [0.5, 0.6) is 0 Å². The number of fused-ring (bicyclic) bond motifs is 1. The van der Waals surface area contributed by atoms with Gasteiger partial charge < -0.3 is 4.74 Å². The zero-order valence-electron chi connectivity index (χ0n) is 19.1. The second-order valence-corrected chi connectivity index (χ2v) is 11.3. The lowest BCUT2D eigenvalue weighted by Gasteiger charge is -2.69. The summed E-state index contributed by atoms with van der Waals surface area (Å²) in [5.74, 6) is 1.18. The van der Waals surface area contributed by atoms with Gasteiger partial charge >= 0.3 is 0 Å². The van der Waals surface area contributed by atoms with Gasteiger partial charge in [0.15, 0.2) is 5.65 Å². The molecule has 5 fully saturated rings. The summed E-state index contributed by atoms with van der Waals surface area (Å²) in [7, 11) is 0. The minimum atomic E-state index is 0.0384. The number of aromatic nitrogens is 6. The molecule has 7 heteroatoms. The van der Waals surface area contributed by atoms with Gasteiger partial charge in [0.1, 0.15) is 11.3 Å². The number of hydrogen-bond acceptors (Lipinski definition) is 6. The maximum absolute atomic E-state index is 6.36. The Balaban J connectivity index is 1.26. The van der Waals surface area contributed by atoms with Crippen molar-refractivity contribution < 1.29 is 4.74 Å². The van der Waals surface area contributed by atoms with Crippen molar-refractivity contribution in [1.29, 1.82) is 0 Å². The van der Waals surface area contributed by atoms with Crippen molar-refractivity contribution in [1.82, 2.24) is 29.7 Å². The highest BCUT2D eigenvalue weighted by atomic mass is 16.5. The summed E-state index contributed by atoms with van der Waals surface area (Å²) in [4.78, 5) is 19.7. The third-order valence-electron chi connectivity index (χ3n) is 8.13. The molecule has 32 heavy (non-hydrogen) atoms. The van der Waals surface area contributed by atoms with Gasteiger partial charge in [-0.25, -0.2) is 19.9 Å². The fraction of sp³-hybridized carbons (Fsp3) is 0.640. The van der Waals surface area contributed by atoms with Crippen molar-refractivity contribution in [2.75, 3.05) is 0 Å². The molecule has 1 saturated heterocycles. The number of rotatable bonds is 4. The van der Waals surface area contributed by atoms with Crippen molar-refractivity contribution in [3.05, 3.63) is 41.4 Å². The SMILES string of the molecule is Cc1cnc2c(C34CC(C)(C3)C4)nc([C@H]3C[C@@H](C)O[C@@H](c4cnn(C5CC5)c4)C3)nc2n1. The van der Waals surface area contributed by atoms with Gasteiger partial charge in [-0.3, -0.25) is 4.68 Å². The molecule has 5 aliphatic rings. The van der Waals surface area contributed by atoms with Crippen molar-refractivity contribution in [2.45, 2.75) is 95.3 Å². The van der Waals surface area contributed by atoms with Crippen LogP contribution in [0.3, 0.4) is 0 Å². The van der Waals surface area contributed by atoms with Crippen molar-refractivity contribution in [3.63, 3.8) is 0 Å². The van der Waals surface area contributed by atoms with Gasteiger partial charge in [0.05, 0.1) is 35.8 Å². The number of aryl methyl sites for hydroxylation is 1. The van der Waals surface area contributed by atoms with Crippen LogP contribution in [0, 0.1) is 12.3 Å². The predicted octanol–water partition coefficient (Wildman–Crippen LogP) is 4.73. The van der Waals surface area contributed by atoms with E-state index in [4.69, 9.17) is 24.7 Å². The fourth-order valence-corrected chi connectivity index (χ4v) is 6.74. The zero-order chi connectivity index (χ0) is 21.7. The van der Waals surface area contributed by atoms with E-state index in [2.05, 4.69) is 29.8 Å². The molecule has 3 aromatic heterocycles. The highest BCUT2D eigenvalue weighted by Crippen LogP contribution is 2.73. The third kappa shape index (κ3) is 2.86. The normalized spacial score (nSPS) is 36.0. The molecule has 3 atom stereocenters. The summed E-state index contributed by atoms with van der Waals surface area (Å²) in [6, 6.07) is 0.587. The lowest BCUT2D eigenvalue weighted by atomic mass is 9.35. The van der Waals surface area contributed by atoms with E-state index in [-0.39, 0.29) is 23.5 Å². The quantitative estimate of drug-likeness (QED) is 0.596. The maximum atomic E-state index is 6.36. The van der Waals surface area contributed by atoms with Crippen LogP contribution >= 0.6 is 0 Å². The second kappa shape index (κ2) is 6.34. The van der Waals surface area contributed by atoms with Gasteiger partial charge in [0, 0.05) is 29.3 Å². The van der Waals surface area contributed by atoms with E-state index < -0.39 is 0 Å². The summed E-state index contributed by atoms with van der Waals surface area (Å²) in [6.07, 6.45) is 14.2. The summed E-state index contributed by atoms with van der Waals surface area (Å²) in [6.45, 7) is 6.54. The van der Waals surface area contributed by atoms with Gasteiger partial charge in [-0.2, -0.15) is 5.10 Å². The van der Waals surface area contributed by atoms with E-state index in [9.17, 15) is 0 Å². The molecule has 8 rings (SSSR count). The summed E-state index contributed by atoms with van der Waals surface area (Å²) in [5.41, 5.74) is 5.60. The second-order valence-electron chi connectivity index (χ2n) is 11.3. The highest BCUT2D eigenvalue weighted by Gasteiger charge is 2.67. The van der Waals surface area contributed by atoms with Gasteiger partial charge in [-0.15, -0.1) is 0 Å². The Bertz CT molecular complexity index is 1210. The molecule has 0 aromatic carbocycles. The van der Waals surface area contributed by atoms with Crippen LogP contribution in [0.2, 0.25) is 0 Å². The van der Waals surface area contributed by atoms with Crippen molar-refractivity contribution in [3.8, 4) is 0 Å². The van der Waals surface area contributed by atoms with Gasteiger partial charge in [0.25, 0.3) is 0 Å². The summed E-state index contributed by atoms with van der Waals surface area (Å²) < 4.78 is 8.47. The Morgan fingerprint density at radius 1 is 1.06 bits per heavy atom. The fourth-order valence-electron chi connectivity index (χ4n) is 6.74. The minimum Gasteiger partial charge on any atom is -0.370 e. The van der Waals surface area contributed by atoms with E-state index in [1.54, 1.807) is 0 Å². The van der Waals surface area contributed by atoms with Crippen LogP contribution in [-0.4, -0.2) is 35.8 Å². The molecule has 0 spiro atoms. The van der Waals surface area contributed by atoms with Gasteiger partial charge in [-0.05, 0) is 64.2 Å². The molecule has 1 aliphatic heterocycles. The molecule has 0 radical (unpaired) electrons. The lowest BCUT2D eigenvalue weighted by molar-refractivity contribution is -0.127. The minimum absolute atomic E-state index is 0.0384. The van der Waals surface area contributed by atoms with Crippen LogP contribution in [0.15, 0.2) is 18.6 Å². The average molecular weight is 431 g/mol.